The second-order valence-electron chi connectivity index (χ2n) is 6.77. The van der Waals surface area contributed by atoms with Crippen LogP contribution in [0.1, 0.15) is 36.6 Å². The topological polar surface area (TPSA) is 133 Å². The van der Waals surface area contributed by atoms with Crippen LogP contribution in [0, 0.1) is 11.2 Å². The van der Waals surface area contributed by atoms with Crippen LogP contribution in [0.4, 0.5) is 4.39 Å². The van der Waals surface area contributed by atoms with Crippen molar-refractivity contribution in [3.8, 4) is 11.5 Å². The lowest BCUT2D eigenvalue weighted by molar-refractivity contribution is -0.145. The molecule has 178 valence electrons. The number of amides is 1. The molecule has 0 aromatic heterocycles. The van der Waals surface area contributed by atoms with E-state index in [1.54, 1.807) is 32.0 Å². The Kier molecular flexibility index (Phi) is 9.62. The van der Waals surface area contributed by atoms with Crippen molar-refractivity contribution >= 4 is 17.7 Å². The lowest BCUT2D eigenvalue weighted by Crippen LogP contribution is -2.31. The van der Waals surface area contributed by atoms with Gasteiger partial charge in [0.1, 0.15) is 23.2 Å². The molecular formula is C23H28FN3O6. The number of hydrogen-bond donors (Lipinski definition) is 3. The molecule has 0 radical (unpaired) electrons. The molecule has 10 heteroatoms. The van der Waals surface area contributed by atoms with Gasteiger partial charge in [0, 0.05) is 35.9 Å². The number of carbonyl (C=O) groups excluding carboxylic acids is 2. The number of esters is 1. The number of hydrogen-bond acceptors (Lipinski definition) is 7. The van der Waals surface area contributed by atoms with Gasteiger partial charge in [-0.3, -0.25) is 10.2 Å². The molecule has 2 aromatic rings. The summed E-state index contributed by atoms with van der Waals surface area (Å²) in [5, 5.41) is 10.3. The number of nitrogens with two attached hydrogens (primary N) is 1. The Morgan fingerprint density at radius 1 is 1.15 bits per heavy atom. The number of carbonyl (C=O) groups is 2. The molecule has 2 aromatic carbocycles. The predicted octanol–water partition coefficient (Wildman–Crippen LogP) is 2.45. The SMILES string of the molecule is CCOC(=O)COc1cc(C(=N)N)ccc1CNC(=O)C(OCC)c1ccc(OC)cc1F. The summed E-state index contributed by atoms with van der Waals surface area (Å²) < 4.78 is 35.4. The summed E-state index contributed by atoms with van der Waals surface area (Å²) in [6.45, 7) is 3.41. The molecular weight excluding hydrogens is 433 g/mol. The standard InChI is InChI=1S/C23H28FN3O6/c1-4-31-20(28)13-33-19-10-14(22(25)26)6-7-15(19)12-27-23(29)21(32-5-2)17-9-8-16(30-3)11-18(17)24/h6-11,21H,4-5,12-13H2,1-3H3,(H3,25,26)(H,27,29). The Hall–Kier alpha value is -3.66. The van der Waals surface area contributed by atoms with E-state index in [0.717, 1.165) is 0 Å². The molecule has 1 atom stereocenters. The molecule has 0 aliphatic heterocycles. The quantitative estimate of drug-likeness (QED) is 0.251. The minimum atomic E-state index is -1.18. The summed E-state index contributed by atoms with van der Waals surface area (Å²) in [6, 6.07) is 8.84. The van der Waals surface area contributed by atoms with Gasteiger partial charge in [-0.1, -0.05) is 12.1 Å². The summed E-state index contributed by atoms with van der Waals surface area (Å²) in [5.41, 5.74) is 6.51. The number of halogens is 1. The van der Waals surface area contributed by atoms with Gasteiger partial charge in [0.15, 0.2) is 12.7 Å². The summed E-state index contributed by atoms with van der Waals surface area (Å²) in [4.78, 5) is 24.5. The number of ether oxygens (including phenoxy) is 4. The Morgan fingerprint density at radius 3 is 2.52 bits per heavy atom. The third-order valence-electron chi connectivity index (χ3n) is 4.54. The average Bonchev–Trinajstić information content (AvgIpc) is 2.80. The lowest BCUT2D eigenvalue weighted by atomic mass is 10.1. The zero-order valence-corrected chi connectivity index (χ0v) is 18.8. The molecule has 0 saturated heterocycles. The maximum absolute atomic E-state index is 14.5. The highest BCUT2D eigenvalue weighted by atomic mass is 19.1. The van der Waals surface area contributed by atoms with Crippen LogP contribution in [0.25, 0.3) is 0 Å². The number of nitrogen functional groups attached to an aromatic ring is 1. The van der Waals surface area contributed by atoms with Crippen LogP contribution in [-0.4, -0.2) is 44.6 Å². The maximum Gasteiger partial charge on any atom is 0.344 e. The Bertz CT molecular complexity index is 998. The zero-order valence-electron chi connectivity index (χ0n) is 18.8. The van der Waals surface area contributed by atoms with E-state index in [4.69, 9.17) is 30.1 Å². The van der Waals surface area contributed by atoms with Gasteiger partial charge >= 0.3 is 5.97 Å². The molecule has 0 heterocycles. The number of nitrogens with one attached hydrogen (secondary N) is 2. The first-order chi connectivity index (χ1) is 15.8. The molecule has 0 fully saturated rings. The molecule has 1 amide bonds. The van der Waals surface area contributed by atoms with Crippen LogP contribution in [0.3, 0.4) is 0 Å². The molecule has 0 saturated carbocycles. The van der Waals surface area contributed by atoms with Crippen molar-refractivity contribution in [1.29, 1.82) is 5.41 Å². The smallest absolute Gasteiger partial charge is 0.344 e. The van der Waals surface area contributed by atoms with Crippen molar-refractivity contribution < 1.29 is 32.9 Å². The van der Waals surface area contributed by atoms with Crippen molar-refractivity contribution in [2.75, 3.05) is 26.9 Å². The molecule has 1 unspecified atom stereocenters. The van der Waals surface area contributed by atoms with Crippen molar-refractivity contribution in [2.24, 2.45) is 5.73 Å². The molecule has 0 bridgehead atoms. The highest BCUT2D eigenvalue weighted by Crippen LogP contribution is 2.26. The van der Waals surface area contributed by atoms with Gasteiger partial charge in [0.25, 0.3) is 5.91 Å². The van der Waals surface area contributed by atoms with Gasteiger partial charge < -0.3 is 30.0 Å². The van der Waals surface area contributed by atoms with Crippen molar-refractivity contribution in [3.63, 3.8) is 0 Å². The molecule has 4 N–H and O–H groups in total. The van der Waals surface area contributed by atoms with E-state index in [-0.39, 0.29) is 43.5 Å². The Morgan fingerprint density at radius 2 is 1.91 bits per heavy atom. The van der Waals surface area contributed by atoms with E-state index in [2.05, 4.69) is 5.32 Å². The highest BCUT2D eigenvalue weighted by Gasteiger charge is 2.25. The number of amidine groups is 1. The van der Waals surface area contributed by atoms with Gasteiger partial charge in [0.05, 0.1) is 13.7 Å². The third-order valence-corrected chi connectivity index (χ3v) is 4.54. The van der Waals surface area contributed by atoms with Crippen molar-refractivity contribution in [1.82, 2.24) is 5.32 Å². The summed E-state index contributed by atoms with van der Waals surface area (Å²) >= 11 is 0. The van der Waals surface area contributed by atoms with E-state index in [1.165, 1.54) is 25.3 Å². The van der Waals surface area contributed by atoms with Crippen LogP contribution in [0.5, 0.6) is 11.5 Å². The normalized spacial score (nSPS) is 11.4. The monoisotopic (exact) mass is 461 g/mol. The predicted molar refractivity (Wildman–Crippen MR) is 119 cm³/mol. The fourth-order valence-electron chi connectivity index (χ4n) is 2.94. The fourth-order valence-corrected chi connectivity index (χ4v) is 2.94. The van der Waals surface area contributed by atoms with E-state index in [1.807, 2.05) is 0 Å². The second-order valence-corrected chi connectivity index (χ2v) is 6.77. The molecule has 2 rings (SSSR count). The zero-order chi connectivity index (χ0) is 24.4. The largest absolute Gasteiger partial charge is 0.497 e. The maximum atomic E-state index is 14.5. The highest BCUT2D eigenvalue weighted by molar-refractivity contribution is 5.95. The second kappa shape index (κ2) is 12.4. The van der Waals surface area contributed by atoms with Gasteiger partial charge in [-0.25, -0.2) is 9.18 Å². The number of benzene rings is 2. The number of rotatable bonds is 12. The Balaban J connectivity index is 2.20. The van der Waals surface area contributed by atoms with Gasteiger partial charge in [-0.15, -0.1) is 0 Å². The van der Waals surface area contributed by atoms with Crippen LogP contribution in [-0.2, 0) is 25.6 Å². The van der Waals surface area contributed by atoms with Gasteiger partial charge in [0.2, 0.25) is 0 Å². The summed E-state index contributed by atoms with van der Waals surface area (Å²) in [5.74, 6) is -1.37. The van der Waals surface area contributed by atoms with Crippen LogP contribution < -0.4 is 20.5 Å². The molecule has 33 heavy (non-hydrogen) atoms. The molecule has 9 nitrogen and oxygen atoms in total. The van der Waals surface area contributed by atoms with Crippen LogP contribution >= 0.6 is 0 Å². The number of methoxy groups -OCH3 is 1. The van der Waals surface area contributed by atoms with Crippen LogP contribution in [0.15, 0.2) is 36.4 Å². The minimum absolute atomic E-state index is 0.00345. The first-order valence-corrected chi connectivity index (χ1v) is 10.3. The van der Waals surface area contributed by atoms with Gasteiger partial charge in [-0.2, -0.15) is 0 Å². The van der Waals surface area contributed by atoms with E-state index >= 15 is 0 Å². The minimum Gasteiger partial charge on any atom is -0.497 e. The molecule has 0 aliphatic rings. The van der Waals surface area contributed by atoms with Crippen molar-refractivity contribution in [3.05, 3.63) is 58.9 Å². The van der Waals surface area contributed by atoms with Crippen molar-refractivity contribution in [2.45, 2.75) is 26.5 Å². The molecule has 0 aliphatic carbocycles. The lowest BCUT2D eigenvalue weighted by Gasteiger charge is -2.19. The fraction of sp³-hybridized carbons (Fsp3) is 0.348. The average molecular weight is 461 g/mol. The summed E-state index contributed by atoms with van der Waals surface area (Å²) in [6.07, 6.45) is -1.18. The molecule has 0 spiro atoms. The van der Waals surface area contributed by atoms with Crippen LogP contribution in [0.2, 0.25) is 0 Å². The van der Waals surface area contributed by atoms with E-state index in [0.29, 0.717) is 16.9 Å². The van der Waals surface area contributed by atoms with Gasteiger partial charge in [-0.05, 0) is 32.0 Å². The first-order valence-electron chi connectivity index (χ1n) is 10.3. The third kappa shape index (κ3) is 7.18. The first kappa shape index (κ1) is 25.6. The van der Waals surface area contributed by atoms with E-state index in [9.17, 15) is 14.0 Å². The Labute approximate surface area is 191 Å². The summed E-state index contributed by atoms with van der Waals surface area (Å²) in [7, 11) is 1.42. The van der Waals surface area contributed by atoms with E-state index < -0.39 is 23.8 Å².